The van der Waals surface area contributed by atoms with Crippen molar-refractivity contribution in [1.29, 1.82) is 0 Å². The van der Waals surface area contributed by atoms with E-state index in [2.05, 4.69) is 25.6 Å². The minimum absolute atomic E-state index is 0.0569. The van der Waals surface area contributed by atoms with Crippen LogP contribution in [0.5, 0.6) is 11.5 Å². The molecule has 0 bridgehead atoms. The number of nitrogens with one attached hydrogen (secondary N) is 2. The van der Waals surface area contributed by atoms with E-state index in [1.54, 1.807) is 18.2 Å². The van der Waals surface area contributed by atoms with Gasteiger partial charge in [0, 0.05) is 18.0 Å². The highest BCUT2D eigenvalue weighted by Gasteiger charge is 2.32. The molecule has 0 amide bonds. The third-order valence-electron chi connectivity index (χ3n) is 4.05. The van der Waals surface area contributed by atoms with Crippen LogP contribution >= 0.6 is 11.6 Å². The van der Waals surface area contributed by atoms with E-state index >= 15 is 0 Å². The Morgan fingerprint density at radius 3 is 2.42 bits per heavy atom. The number of ether oxygens (including phenoxy) is 2. The third-order valence-corrected chi connectivity index (χ3v) is 4.33. The van der Waals surface area contributed by atoms with Gasteiger partial charge in [0.1, 0.15) is 6.33 Å². The fourth-order valence-electron chi connectivity index (χ4n) is 2.64. The van der Waals surface area contributed by atoms with Crippen LogP contribution in [0.3, 0.4) is 0 Å². The van der Waals surface area contributed by atoms with Gasteiger partial charge in [0.25, 0.3) is 0 Å². The van der Waals surface area contributed by atoms with Gasteiger partial charge in [-0.25, -0.2) is 15.0 Å². The summed E-state index contributed by atoms with van der Waals surface area (Å²) in [6, 6.07) is 5.43. The van der Waals surface area contributed by atoms with E-state index < -0.39 is 27.4 Å². The van der Waals surface area contributed by atoms with Crippen LogP contribution in [0.25, 0.3) is 0 Å². The molecule has 31 heavy (non-hydrogen) atoms. The lowest BCUT2D eigenvalue weighted by atomic mass is 10.2. The smallest absolute Gasteiger partial charge is 0.417 e. The number of nitro groups is 1. The summed E-state index contributed by atoms with van der Waals surface area (Å²) in [6.45, 7) is 0.0569. The average Bonchev–Trinajstić information content (AvgIpc) is 3.16. The minimum atomic E-state index is -4.64. The van der Waals surface area contributed by atoms with E-state index in [1.807, 2.05) is 0 Å². The first-order valence-corrected chi connectivity index (χ1v) is 8.76. The van der Waals surface area contributed by atoms with Crippen LogP contribution in [0, 0.1) is 10.1 Å². The number of nitrogens with zero attached hydrogens (tertiary/aromatic N) is 4. The fourth-order valence-corrected chi connectivity index (χ4v) is 2.86. The number of aromatic nitrogens is 3. The zero-order chi connectivity index (χ0) is 22.2. The standard InChI is InChI=1S/C17H10ClF3N6O4/c18-10-3-8(17(19,20)21)5-22-14(10)26-16-13(27(28)29)15(23-6-24-16)25-9-1-2-11-12(4-9)31-7-30-11/h1-6H,7H2,(H2,22,23,24,25,26). The molecule has 0 saturated heterocycles. The summed E-state index contributed by atoms with van der Waals surface area (Å²) in [5.41, 5.74) is -1.22. The van der Waals surface area contributed by atoms with Crippen LogP contribution in [0.15, 0.2) is 36.8 Å². The van der Waals surface area contributed by atoms with Gasteiger partial charge < -0.3 is 20.1 Å². The highest BCUT2D eigenvalue weighted by molar-refractivity contribution is 6.33. The van der Waals surface area contributed by atoms with Gasteiger partial charge in [0.15, 0.2) is 17.3 Å². The van der Waals surface area contributed by atoms with Gasteiger partial charge >= 0.3 is 11.9 Å². The molecular formula is C17H10ClF3N6O4. The number of pyridine rings is 1. The third kappa shape index (κ3) is 4.21. The zero-order valence-corrected chi connectivity index (χ0v) is 15.9. The Morgan fingerprint density at radius 2 is 1.74 bits per heavy atom. The second kappa shape index (κ2) is 7.75. The van der Waals surface area contributed by atoms with Gasteiger partial charge in [-0.2, -0.15) is 13.2 Å². The van der Waals surface area contributed by atoms with Gasteiger partial charge in [-0.3, -0.25) is 10.1 Å². The Balaban J connectivity index is 1.66. The Kier molecular flexibility index (Phi) is 5.10. The summed E-state index contributed by atoms with van der Waals surface area (Å²) in [7, 11) is 0. The maximum absolute atomic E-state index is 12.8. The zero-order valence-electron chi connectivity index (χ0n) is 15.1. The quantitative estimate of drug-likeness (QED) is 0.418. The number of hydrogen-bond donors (Lipinski definition) is 2. The van der Waals surface area contributed by atoms with Crippen LogP contribution in [0.2, 0.25) is 5.02 Å². The summed E-state index contributed by atoms with van der Waals surface area (Å²) in [4.78, 5) is 22.2. The number of rotatable bonds is 5. The van der Waals surface area contributed by atoms with Crippen molar-refractivity contribution in [2.45, 2.75) is 6.18 Å². The van der Waals surface area contributed by atoms with Crippen LogP contribution < -0.4 is 20.1 Å². The Hall–Kier alpha value is -3.87. The molecule has 3 aromatic rings. The predicted octanol–water partition coefficient (Wildman–Crippen LogP) is 4.67. The minimum Gasteiger partial charge on any atom is -0.454 e. The Labute approximate surface area is 176 Å². The summed E-state index contributed by atoms with van der Waals surface area (Å²) >= 11 is 5.86. The molecule has 0 radical (unpaired) electrons. The molecule has 3 heterocycles. The van der Waals surface area contributed by atoms with Crippen molar-refractivity contribution < 1.29 is 27.6 Å². The number of halogens is 4. The highest BCUT2D eigenvalue weighted by Crippen LogP contribution is 2.38. The van der Waals surface area contributed by atoms with Crippen molar-refractivity contribution in [1.82, 2.24) is 15.0 Å². The molecule has 1 aliphatic rings. The van der Waals surface area contributed by atoms with E-state index in [-0.39, 0.29) is 24.2 Å². The number of fused-ring (bicyclic) bond motifs is 1. The summed E-state index contributed by atoms with van der Waals surface area (Å²) < 4.78 is 48.8. The molecule has 0 spiro atoms. The molecule has 0 fully saturated rings. The number of alkyl halides is 3. The molecule has 0 saturated carbocycles. The van der Waals surface area contributed by atoms with Gasteiger partial charge in [-0.15, -0.1) is 0 Å². The second-order valence-corrected chi connectivity index (χ2v) is 6.45. The van der Waals surface area contributed by atoms with E-state index in [0.717, 1.165) is 6.33 Å². The van der Waals surface area contributed by atoms with Crippen molar-refractivity contribution in [2.75, 3.05) is 17.4 Å². The molecule has 2 aromatic heterocycles. The summed E-state index contributed by atoms with van der Waals surface area (Å²) in [6.07, 6.45) is -3.06. The summed E-state index contributed by atoms with van der Waals surface area (Å²) in [5, 5.41) is 16.5. The Morgan fingerprint density at radius 1 is 1.03 bits per heavy atom. The monoisotopic (exact) mass is 454 g/mol. The van der Waals surface area contributed by atoms with Crippen molar-refractivity contribution >= 4 is 40.4 Å². The fraction of sp³-hybridized carbons (Fsp3) is 0.118. The largest absolute Gasteiger partial charge is 0.454 e. The molecule has 0 unspecified atom stereocenters. The molecule has 160 valence electrons. The number of anilines is 4. The first-order chi connectivity index (χ1) is 14.7. The number of hydrogen-bond acceptors (Lipinski definition) is 9. The highest BCUT2D eigenvalue weighted by atomic mass is 35.5. The van der Waals surface area contributed by atoms with Gasteiger partial charge in [0.05, 0.1) is 15.5 Å². The maximum Gasteiger partial charge on any atom is 0.417 e. The lowest BCUT2D eigenvalue weighted by Crippen LogP contribution is -2.08. The Bertz CT molecular complexity index is 1180. The van der Waals surface area contributed by atoms with Gasteiger partial charge in [-0.05, 0) is 18.2 Å². The van der Waals surface area contributed by atoms with E-state index in [1.165, 1.54) is 0 Å². The van der Waals surface area contributed by atoms with Crippen molar-refractivity contribution in [3.63, 3.8) is 0 Å². The van der Waals surface area contributed by atoms with E-state index in [4.69, 9.17) is 21.1 Å². The molecule has 14 heteroatoms. The molecule has 10 nitrogen and oxygen atoms in total. The lowest BCUT2D eigenvalue weighted by molar-refractivity contribution is -0.383. The molecule has 0 aliphatic carbocycles. The van der Waals surface area contributed by atoms with Crippen LogP contribution in [-0.4, -0.2) is 26.7 Å². The first-order valence-electron chi connectivity index (χ1n) is 8.38. The predicted molar refractivity (Wildman–Crippen MR) is 102 cm³/mol. The van der Waals surface area contributed by atoms with Crippen LogP contribution in [0.1, 0.15) is 5.56 Å². The molecular weight excluding hydrogens is 445 g/mol. The van der Waals surface area contributed by atoms with Gasteiger partial charge in [-0.1, -0.05) is 11.6 Å². The molecule has 0 atom stereocenters. The van der Waals surface area contributed by atoms with E-state index in [0.29, 0.717) is 29.4 Å². The molecule has 1 aromatic carbocycles. The molecule has 1 aliphatic heterocycles. The topological polar surface area (TPSA) is 124 Å². The van der Waals surface area contributed by atoms with Crippen molar-refractivity contribution in [3.05, 3.63) is 57.5 Å². The van der Waals surface area contributed by atoms with Gasteiger partial charge in [0.2, 0.25) is 18.4 Å². The molecule has 4 rings (SSSR count). The lowest BCUT2D eigenvalue weighted by Gasteiger charge is -2.12. The van der Waals surface area contributed by atoms with Crippen molar-refractivity contribution in [3.8, 4) is 11.5 Å². The maximum atomic E-state index is 12.8. The number of benzene rings is 1. The first kappa shape index (κ1) is 20.4. The molecule has 2 N–H and O–H groups in total. The van der Waals surface area contributed by atoms with Crippen LogP contribution in [0.4, 0.5) is 42.0 Å². The normalized spacial score (nSPS) is 12.5. The summed E-state index contributed by atoms with van der Waals surface area (Å²) in [5.74, 6) is 0.223. The second-order valence-electron chi connectivity index (χ2n) is 6.05. The van der Waals surface area contributed by atoms with E-state index in [9.17, 15) is 23.3 Å². The SMILES string of the molecule is O=[N+]([O-])c1c(Nc2ccc3c(c2)OCO3)ncnc1Nc1ncc(C(F)(F)F)cc1Cl. The average molecular weight is 455 g/mol. The van der Waals surface area contributed by atoms with Crippen LogP contribution in [-0.2, 0) is 6.18 Å². The van der Waals surface area contributed by atoms with Crippen molar-refractivity contribution in [2.24, 2.45) is 0 Å².